The zero-order valence-electron chi connectivity index (χ0n) is 24.0. The molecule has 0 heteroatoms. The van der Waals surface area contributed by atoms with Gasteiger partial charge in [0.15, 0.2) is 0 Å². The minimum absolute atomic E-state index is 1.24. The Bertz CT molecular complexity index is 2680. The highest BCUT2D eigenvalue weighted by molar-refractivity contribution is 6.34. The lowest BCUT2D eigenvalue weighted by Crippen LogP contribution is -1.91. The Labute approximate surface area is 254 Å². The van der Waals surface area contributed by atoms with Crippen LogP contribution in [-0.2, 0) is 0 Å². The van der Waals surface area contributed by atoms with Gasteiger partial charge in [0.2, 0.25) is 0 Å². The zero-order chi connectivity index (χ0) is 28.8. The molecule has 0 aliphatic rings. The van der Waals surface area contributed by atoms with Gasteiger partial charge >= 0.3 is 0 Å². The molecule has 10 rings (SSSR count). The van der Waals surface area contributed by atoms with Crippen molar-refractivity contribution in [2.24, 2.45) is 0 Å². The predicted molar refractivity (Wildman–Crippen MR) is 191 cm³/mol. The maximum Gasteiger partial charge on any atom is -0.00201 e. The molecule has 0 aliphatic heterocycles. The first-order chi connectivity index (χ1) is 21.8. The third kappa shape index (κ3) is 3.17. The lowest BCUT2D eigenvalue weighted by molar-refractivity contribution is 1.62. The first-order valence-electron chi connectivity index (χ1n) is 15.4. The Morgan fingerprint density at radius 3 is 1.36 bits per heavy atom. The highest BCUT2D eigenvalue weighted by atomic mass is 14.2. The monoisotopic (exact) mass is 554 g/mol. The van der Waals surface area contributed by atoms with Gasteiger partial charge in [-0.2, -0.15) is 0 Å². The van der Waals surface area contributed by atoms with Gasteiger partial charge in [-0.15, -0.1) is 0 Å². The van der Waals surface area contributed by atoms with E-state index in [0.29, 0.717) is 0 Å². The van der Waals surface area contributed by atoms with Gasteiger partial charge in [0.1, 0.15) is 0 Å². The molecule has 0 radical (unpaired) electrons. The first-order valence-corrected chi connectivity index (χ1v) is 15.4. The van der Waals surface area contributed by atoms with E-state index in [1.807, 2.05) is 0 Å². The largest absolute Gasteiger partial charge is 0.0616 e. The molecule has 0 saturated heterocycles. The van der Waals surface area contributed by atoms with Crippen molar-refractivity contribution in [2.75, 3.05) is 0 Å². The molecule has 0 unspecified atom stereocenters. The molecule has 0 aliphatic carbocycles. The summed E-state index contributed by atoms with van der Waals surface area (Å²) in [6.45, 7) is 0. The van der Waals surface area contributed by atoms with Crippen LogP contribution in [0, 0.1) is 0 Å². The molecule has 0 amide bonds. The maximum absolute atomic E-state index is 2.41. The molecular formula is C44H26. The summed E-state index contributed by atoms with van der Waals surface area (Å²) in [6.07, 6.45) is 0. The van der Waals surface area contributed by atoms with Gasteiger partial charge < -0.3 is 0 Å². The van der Waals surface area contributed by atoms with Gasteiger partial charge in [-0.1, -0.05) is 152 Å². The fraction of sp³-hybridized carbons (Fsp3) is 0. The summed E-state index contributed by atoms with van der Waals surface area (Å²) in [5, 5.41) is 18.4. The molecule has 0 spiro atoms. The Balaban J connectivity index is 1.27. The summed E-state index contributed by atoms with van der Waals surface area (Å²) >= 11 is 0. The summed E-state index contributed by atoms with van der Waals surface area (Å²) in [6, 6.07) is 58.5. The maximum atomic E-state index is 2.41. The second-order valence-corrected chi connectivity index (χ2v) is 12.0. The third-order valence-corrected chi connectivity index (χ3v) is 9.80. The van der Waals surface area contributed by atoms with E-state index in [1.165, 1.54) is 97.7 Å². The molecule has 0 bridgehead atoms. The van der Waals surface area contributed by atoms with Crippen LogP contribution in [0.1, 0.15) is 0 Å². The second-order valence-electron chi connectivity index (χ2n) is 12.0. The average molecular weight is 555 g/mol. The van der Waals surface area contributed by atoms with Gasteiger partial charge in [-0.3, -0.25) is 0 Å². The lowest BCUT2D eigenvalue weighted by atomic mass is 9.85. The Kier molecular flexibility index (Phi) is 4.81. The molecule has 0 N–H and O–H groups in total. The number of benzene rings is 10. The fourth-order valence-electron chi connectivity index (χ4n) is 7.93. The summed E-state index contributed by atoms with van der Waals surface area (Å²) in [5.74, 6) is 0. The smallest absolute Gasteiger partial charge is 0.00201 e. The van der Waals surface area contributed by atoms with Crippen LogP contribution in [0.2, 0.25) is 0 Å². The number of rotatable bonds is 2. The van der Waals surface area contributed by atoms with E-state index in [0.717, 1.165) is 0 Å². The van der Waals surface area contributed by atoms with Crippen LogP contribution in [-0.4, -0.2) is 0 Å². The Morgan fingerprint density at radius 1 is 0.227 bits per heavy atom. The molecule has 10 aromatic carbocycles. The van der Waals surface area contributed by atoms with E-state index in [2.05, 4.69) is 158 Å². The number of hydrogen-bond acceptors (Lipinski definition) is 0. The molecule has 44 heavy (non-hydrogen) atoms. The van der Waals surface area contributed by atoms with Gasteiger partial charge in [-0.25, -0.2) is 0 Å². The van der Waals surface area contributed by atoms with Crippen molar-refractivity contribution in [1.82, 2.24) is 0 Å². The molecular weight excluding hydrogens is 528 g/mol. The van der Waals surface area contributed by atoms with Crippen molar-refractivity contribution in [3.05, 3.63) is 158 Å². The molecule has 0 nitrogen and oxygen atoms in total. The Morgan fingerprint density at radius 2 is 0.682 bits per heavy atom. The molecule has 0 heterocycles. The standard InChI is InChI=1S/C44H26/c1-2-13-30(29(12-1)28-22-23-36-33-16-4-3-14-31(33)32-15-5-6-17-34(32)42(36)26-28)35-24-25-41-39-19-8-11-27-10-7-18-38(43(27)39)40-21-9-20-37(35)44(40)41/h1-26H. The third-order valence-electron chi connectivity index (χ3n) is 9.80. The normalized spacial score (nSPS) is 12.1. The number of fused-ring (bicyclic) bond motifs is 8. The SMILES string of the molecule is c1ccc(-c2ccc3c4cccc5cccc(c6cccc2c63)c54)c(-c2ccc3c4ccccc4c4ccccc4c3c2)c1. The summed E-state index contributed by atoms with van der Waals surface area (Å²) in [5.41, 5.74) is 5.03. The Hall–Kier alpha value is -5.72. The van der Waals surface area contributed by atoms with Crippen molar-refractivity contribution in [2.45, 2.75) is 0 Å². The molecule has 0 fully saturated rings. The summed E-state index contributed by atoms with van der Waals surface area (Å²) in [4.78, 5) is 0. The highest BCUT2D eigenvalue weighted by Gasteiger charge is 2.17. The van der Waals surface area contributed by atoms with Gasteiger partial charge in [0.25, 0.3) is 0 Å². The van der Waals surface area contributed by atoms with Crippen molar-refractivity contribution in [3.63, 3.8) is 0 Å². The lowest BCUT2D eigenvalue weighted by Gasteiger charge is -2.18. The minimum atomic E-state index is 1.24. The van der Waals surface area contributed by atoms with Crippen LogP contribution < -0.4 is 0 Å². The topological polar surface area (TPSA) is 0 Å². The van der Waals surface area contributed by atoms with Crippen molar-refractivity contribution < 1.29 is 0 Å². The summed E-state index contributed by atoms with van der Waals surface area (Å²) in [7, 11) is 0. The van der Waals surface area contributed by atoms with Crippen LogP contribution in [0.25, 0.3) is 97.7 Å². The van der Waals surface area contributed by atoms with Crippen molar-refractivity contribution >= 4 is 75.4 Å². The molecule has 0 aromatic heterocycles. The van der Waals surface area contributed by atoms with E-state index in [4.69, 9.17) is 0 Å². The van der Waals surface area contributed by atoms with E-state index in [1.54, 1.807) is 0 Å². The average Bonchev–Trinajstić information content (AvgIpc) is 3.10. The van der Waals surface area contributed by atoms with Crippen LogP contribution >= 0.6 is 0 Å². The van der Waals surface area contributed by atoms with Crippen LogP contribution in [0.5, 0.6) is 0 Å². The molecule has 0 saturated carbocycles. The molecule has 0 atom stereocenters. The highest BCUT2D eigenvalue weighted by Crippen LogP contribution is 2.45. The van der Waals surface area contributed by atoms with E-state index >= 15 is 0 Å². The van der Waals surface area contributed by atoms with E-state index < -0.39 is 0 Å². The quantitative estimate of drug-likeness (QED) is 0.147. The van der Waals surface area contributed by atoms with E-state index in [-0.39, 0.29) is 0 Å². The van der Waals surface area contributed by atoms with Gasteiger partial charge in [0, 0.05) is 0 Å². The first kappa shape index (κ1) is 23.8. The van der Waals surface area contributed by atoms with Gasteiger partial charge in [0.05, 0.1) is 0 Å². The predicted octanol–water partition coefficient (Wildman–Crippen LogP) is 12.5. The van der Waals surface area contributed by atoms with Crippen molar-refractivity contribution in [1.29, 1.82) is 0 Å². The van der Waals surface area contributed by atoms with Crippen molar-refractivity contribution in [3.8, 4) is 22.3 Å². The van der Waals surface area contributed by atoms with Crippen LogP contribution in [0.15, 0.2) is 158 Å². The summed E-state index contributed by atoms with van der Waals surface area (Å²) < 4.78 is 0. The molecule has 202 valence electrons. The van der Waals surface area contributed by atoms with Gasteiger partial charge in [-0.05, 0) is 104 Å². The van der Waals surface area contributed by atoms with E-state index in [9.17, 15) is 0 Å². The second kappa shape index (κ2) is 8.89. The van der Waals surface area contributed by atoms with Crippen LogP contribution in [0.3, 0.4) is 0 Å². The molecule has 10 aromatic rings. The van der Waals surface area contributed by atoms with Crippen LogP contribution in [0.4, 0.5) is 0 Å². The number of hydrogen-bond donors (Lipinski definition) is 0. The zero-order valence-corrected chi connectivity index (χ0v) is 24.0. The minimum Gasteiger partial charge on any atom is -0.0616 e. The fourth-order valence-corrected chi connectivity index (χ4v) is 7.93.